The lowest BCUT2D eigenvalue weighted by Gasteiger charge is -2.16. The van der Waals surface area contributed by atoms with Crippen molar-refractivity contribution in [2.24, 2.45) is 0 Å². The molecule has 4 rings (SSSR count). The van der Waals surface area contributed by atoms with Crippen LogP contribution in [0.15, 0.2) is 69.2 Å². The van der Waals surface area contributed by atoms with Gasteiger partial charge in [-0.2, -0.15) is 0 Å². The number of fused-ring (bicyclic) bond motifs is 1. The molecule has 10 heteroatoms. The number of furan rings is 1. The van der Waals surface area contributed by atoms with E-state index in [1.54, 1.807) is 37.3 Å². The summed E-state index contributed by atoms with van der Waals surface area (Å²) in [5, 5.41) is 3.20. The van der Waals surface area contributed by atoms with E-state index in [1.165, 1.54) is 23.0 Å². The highest BCUT2D eigenvalue weighted by molar-refractivity contribution is 8.00. The van der Waals surface area contributed by atoms with Crippen molar-refractivity contribution in [3.63, 3.8) is 0 Å². The Labute approximate surface area is 196 Å². The maximum atomic E-state index is 14.1. The van der Waals surface area contributed by atoms with Gasteiger partial charge in [-0.15, -0.1) is 0 Å². The third-order valence-electron chi connectivity index (χ3n) is 4.62. The molecule has 0 saturated carbocycles. The number of hydrogen-bond donors (Lipinski definition) is 1. The van der Waals surface area contributed by atoms with E-state index in [2.05, 4.69) is 10.3 Å². The molecule has 1 unspecified atom stereocenters. The molecule has 0 fully saturated rings. The van der Waals surface area contributed by atoms with Crippen molar-refractivity contribution in [2.45, 2.75) is 23.9 Å². The second-order valence-electron chi connectivity index (χ2n) is 6.90. The van der Waals surface area contributed by atoms with E-state index >= 15 is 0 Å². The molecule has 0 aliphatic rings. The molecule has 1 amide bonds. The van der Waals surface area contributed by atoms with Crippen LogP contribution in [0.5, 0.6) is 0 Å². The minimum atomic E-state index is -0.698. The number of aromatic nitrogens is 2. The lowest BCUT2D eigenvalue weighted by Crippen LogP contribution is -2.27. The maximum Gasteiger partial charge on any atom is 0.262 e. The zero-order valence-electron chi connectivity index (χ0n) is 16.6. The molecule has 0 radical (unpaired) electrons. The van der Waals surface area contributed by atoms with Gasteiger partial charge in [0.2, 0.25) is 5.91 Å². The number of thioether (sulfide) groups is 1. The van der Waals surface area contributed by atoms with Gasteiger partial charge in [0.15, 0.2) is 5.16 Å². The van der Waals surface area contributed by atoms with Crippen molar-refractivity contribution in [1.82, 2.24) is 9.55 Å². The minimum absolute atomic E-state index is 0.0121. The molecule has 0 aliphatic carbocycles. The zero-order valence-corrected chi connectivity index (χ0v) is 19.0. The molecular weight excluding hydrogens is 476 g/mol. The molecule has 6 nitrogen and oxygen atoms in total. The van der Waals surface area contributed by atoms with E-state index in [1.807, 2.05) is 0 Å². The van der Waals surface area contributed by atoms with Gasteiger partial charge in [-0.3, -0.25) is 14.2 Å². The molecule has 2 aromatic carbocycles. The molecule has 32 heavy (non-hydrogen) atoms. The monoisotopic (exact) mass is 491 g/mol. The van der Waals surface area contributed by atoms with Crippen LogP contribution in [0.4, 0.5) is 10.1 Å². The summed E-state index contributed by atoms with van der Waals surface area (Å²) in [7, 11) is 0. The van der Waals surface area contributed by atoms with Gasteiger partial charge in [0.05, 0.1) is 34.6 Å². The predicted octanol–water partition coefficient (Wildman–Crippen LogP) is 5.60. The standard InChI is InChI=1S/C22H16Cl2FN3O3S/c1-12(20(29)26-18-7-5-13(23)9-17(18)25)32-22-27-19-10-14(24)4-6-16(19)21(30)28(22)11-15-3-2-8-31-15/h2-10,12H,11H2,1H3,(H,26,29). The molecule has 1 N–H and O–H groups in total. The second-order valence-corrected chi connectivity index (χ2v) is 9.08. The minimum Gasteiger partial charge on any atom is -0.467 e. The smallest absolute Gasteiger partial charge is 0.262 e. The molecular formula is C22H16Cl2FN3O3S. The maximum absolute atomic E-state index is 14.1. The Balaban J connectivity index is 1.67. The molecule has 4 aromatic rings. The van der Waals surface area contributed by atoms with Gasteiger partial charge in [-0.1, -0.05) is 35.0 Å². The van der Waals surface area contributed by atoms with Gasteiger partial charge in [0.25, 0.3) is 5.56 Å². The van der Waals surface area contributed by atoms with E-state index in [0.717, 1.165) is 17.8 Å². The first-order chi connectivity index (χ1) is 15.3. The van der Waals surface area contributed by atoms with Crippen molar-refractivity contribution in [1.29, 1.82) is 0 Å². The molecule has 2 aromatic heterocycles. The third-order valence-corrected chi connectivity index (χ3v) is 6.18. The summed E-state index contributed by atoms with van der Waals surface area (Å²) < 4.78 is 20.9. The van der Waals surface area contributed by atoms with Crippen LogP contribution in [-0.4, -0.2) is 20.7 Å². The molecule has 0 saturated heterocycles. The SMILES string of the molecule is CC(Sc1nc2cc(Cl)ccc2c(=O)n1Cc1ccco1)C(=O)Nc1ccc(Cl)cc1F. The average molecular weight is 492 g/mol. The molecule has 1 atom stereocenters. The van der Waals surface area contributed by atoms with Crippen LogP contribution in [0.2, 0.25) is 10.0 Å². The quantitative estimate of drug-likeness (QED) is 0.280. The number of rotatable bonds is 6. The number of hydrogen-bond acceptors (Lipinski definition) is 5. The number of amides is 1. The summed E-state index contributed by atoms with van der Waals surface area (Å²) >= 11 is 12.9. The fourth-order valence-electron chi connectivity index (χ4n) is 3.00. The van der Waals surface area contributed by atoms with Crippen LogP contribution < -0.4 is 10.9 Å². The number of nitrogens with zero attached hydrogens (tertiary/aromatic N) is 2. The fourth-order valence-corrected chi connectivity index (χ4v) is 4.23. The highest BCUT2D eigenvalue weighted by atomic mass is 35.5. The van der Waals surface area contributed by atoms with Crippen LogP contribution in [0.1, 0.15) is 12.7 Å². The molecule has 0 spiro atoms. The van der Waals surface area contributed by atoms with Crippen molar-refractivity contribution < 1.29 is 13.6 Å². The van der Waals surface area contributed by atoms with Crippen molar-refractivity contribution in [2.75, 3.05) is 5.32 Å². The second kappa shape index (κ2) is 9.36. The highest BCUT2D eigenvalue weighted by Gasteiger charge is 2.21. The molecule has 164 valence electrons. The lowest BCUT2D eigenvalue weighted by atomic mass is 10.2. The van der Waals surface area contributed by atoms with Crippen molar-refractivity contribution in [3.8, 4) is 0 Å². The zero-order chi connectivity index (χ0) is 22.8. The average Bonchev–Trinajstić information content (AvgIpc) is 3.26. The first-order valence-corrected chi connectivity index (χ1v) is 11.1. The third kappa shape index (κ3) is 4.82. The van der Waals surface area contributed by atoms with Crippen LogP contribution >= 0.6 is 35.0 Å². The number of nitrogens with one attached hydrogen (secondary N) is 1. The Bertz CT molecular complexity index is 1360. The lowest BCUT2D eigenvalue weighted by molar-refractivity contribution is -0.115. The fraction of sp³-hybridized carbons (Fsp3) is 0.136. The van der Waals surface area contributed by atoms with Crippen molar-refractivity contribution in [3.05, 3.63) is 86.8 Å². The molecule has 2 heterocycles. The molecule has 0 aliphatic heterocycles. The van der Waals surface area contributed by atoms with Crippen molar-refractivity contribution >= 4 is 57.5 Å². The Hall–Kier alpha value is -2.81. The number of halogens is 3. The van der Waals surface area contributed by atoms with Crippen LogP contribution in [0.3, 0.4) is 0 Å². The summed E-state index contributed by atoms with van der Waals surface area (Å²) in [6, 6.07) is 12.3. The summed E-state index contributed by atoms with van der Waals surface area (Å²) in [6.07, 6.45) is 1.51. The summed E-state index contributed by atoms with van der Waals surface area (Å²) in [5.41, 5.74) is 0.136. The first-order valence-electron chi connectivity index (χ1n) is 9.47. The Kier molecular flexibility index (Phi) is 6.55. The van der Waals surface area contributed by atoms with Gasteiger partial charge in [0.1, 0.15) is 11.6 Å². The van der Waals surface area contributed by atoms with Crippen LogP contribution in [0.25, 0.3) is 10.9 Å². The summed E-state index contributed by atoms with van der Waals surface area (Å²) in [6.45, 7) is 1.78. The van der Waals surface area contributed by atoms with E-state index in [-0.39, 0.29) is 22.8 Å². The number of anilines is 1. The number of carbonyl (C=O) groups excluding carboxylic acids is 1. The normalized spacial score (nSPS) is 12.1. The van der Waals surface area contributed by atoms with Gasteiger partial charge in [-0.05, 0) is 55.5 Å². The largest absolute Gasteiger partial charge is 0.467 e. The highest BCUT2D eigenvalue weighted by Crippen LogP contribution is 2.26. The summed E-state index contributed by atoms with van der Waals surface area (Å²) in [4.78, 5) is 30.4. The number of benzene rings is 2. The Morgan fingerprint density at radius 3 is 2.69 bits per heavy atom. The first kappa shape index (κ1) is 22.4. The van der Waals surface area contributed by atoms with E-state index < -0.39 is 17.0 Å². The van der Waals surface area contributed by atoms with E-state index in [4.69, 9.17) is 27.6 Å². The number of carbonyl (C=O) groups is 1. The molecule has 0 bridgehead atoms. The van der Waals surface area contributed by atoms with E-state index in [9.17, 15) is 14.0 Å². The van der Waals surface area contributed by atoms with E-state index in [0.29, 0.717) is 26.8 Å². The van der Waals surface area contributed by atoms with Crippen LogP contribution in [-0.2, 0) is 11.3 Å². The Morgan fingerprint density at radius 2 is 1.97 bits per heavy atom. The van der Waals surface area contributed by atoms with Crippen LogP contribution in [0, 0.1) is 5.82 Å². The van der Waals surface area contributed by atoms with Gasteiger partial charge < -0.3 is 9.73 Å². The van der Waals surface area contributed by atoms with Gasteiger partial charge >= 0.3 is 0 Å². The van der Waals surface area contributed by atoms with Gasteiger partial charge in [0, 0.05) is 10.0 Å². The predicted molar refractivity (Wildman–Crippen MR) is 124 cm³/mol. The van der Waals surface area contributed by atoms with Gasteiger partial charge in [-0.25, -0.2) is 9.37 Å². The topological polar surface area (TPSA) is 77.1 Å². The summed E-state index contributed by atoms with van der Waals surface area (Å²) in [5.74, 6) is -0.540. The Morgan fingerprint density at radius 1 is 1.22 bits per heavy atom.